The molecule has 0 aromatic heterocycles. The smallest absolute Gasteiger partial charge is 0.214 e. The largest absolute Gasteiger partial charge is 0.317 e. The minimum atomic E-state index is -3.07. The maximum Gasteiger partial charge on any atom is 0.214 e. The minimum absolute atomic E-state index is 0.167. The second-order valence-corrected chi connectivity index (χ2v) is 8.44. The van der Waals surface area contributed by atoms with E-state index in [1.165, 1.54) is 0 Å². The normalized spacial score (nSPS) is 20.2. The summed E-state index contributed by atoms with van der Waals surface area (Å²) >= 11 is 0. The summed E-state index contributed by atoms with van der Waals surface area (Å²) in [6, 6.07) is 0. The molecule has 1 N–H and O–H groups in total. The fourth-order valence-corrected chi connectivity index (χ4v) is 4.42. The standard InChI is InChI=1S/C13H28N2O2S/c1-5-14-10-12-6-8-15(9-7-12)18(16,17)11-13(2,3)4/h12,14H,5-11H2,1-4H3. The molecule has 0 aliphatic carbocycles. The maximum atomic E-state index is 12.2. The van der Waals surface area contributed by atoms with Gasteiger partial charge in [-0.1, -0.05) is 27.7 Å². The molecule has 5 heteroatoms. The molecule has 1 saturated heterocycles. The molecule has 18 heavy (non-hydrogen) atoms. The lowest BCUT2D eigenvalue weighted by molar-refractivity contribution is 0.265. The van der Waals surface area contributed by atoms with Gasteiger partial charge in [0.1, 0.15) is 0 Å². The molecule has 0 amide bonds. The summed E-state index contributed by atoms with van der Waals surface area (Å²) in [5, 5.41) is 3.34. The van der Waals surface area contributed by atoms with Gasteiger partial charge >= 0.3 is 0 Å². The van der Waals surface area contributed by atoms with Gasteiger partial charge < -0.3 is 5.32 Å². The van der Waals surface area contributed by atoms with Crippen LogP contribution in [0.2, 0.25) is 0 Å². The molecule has 0 aromatic rings. The molecule has 4 nitrogen and oxygen atoms in total. The first-order valence-electron chi connectivity index (χ1n) is 6.93. The molecule has 1 heterocycles. The minimum Gasteiger partial charge on any atom is -0.317 e. The van der Waals surface area contributed by atoms with E-state index in [-0.39, 0.29) is 11.2 Å². The van der Waals surface area contributed by atoms with Crippen LogP contribution in [0.25, 0.3) is 0 Å². The lowest BCUT2D eigenvalue weighted by Gasteiger charge is -2.33. The Morgan fingerprint density at radius 3 is 2.22 bits per heavy atom. The van der Waals surface area contributed by atoms with Crippen molar-refractivity contribution in [3.8, 4) is 0 Å². The number of nitrogens with zero attached hydrogens (tertiary/aromatic N) is 1. The molecule has 1 fully saturated rings. The Bertz CT molecular complexity index is 338. The van der Waals surface area contributed by atoms with E-state index in [1.54, 1.807) is 4.31 Å². The fourth-order valence-electron chi connectivity index (χ4n) is 2.38. The zero-order valence-electron chi connectivity index (χ0n) is 12.2. The third kappa shape index (κ3) is 5.24. The van der Waals surface area contributed by atoms with Gasteiger partial charge in [0.25, 0.3) is 0 Å². The Balaban J connectivity index is 2.47. The SMILES string of the molecule is CCNCC1CCN(S(=O)(=O)CC(C)(C)C)CC1. The first-order valence-corrected chi connectivity index (χ1v) is 8.54. The highest BCUT2D eigenvalue weighted by Gasteiger charge is 2.31. The molecule has 0 atom stereocenters. The Morgan fingerprint density at radius 1 is 1.22 bits per heavy atom. The second-order valence-electron chi connectivity index (χ2n) is 6.47. The molecule has 0 radical (unpaired) electrons. The lowest BCUT2D eigenvalue weighted by Crippen LogP contribution is -2.43. The van der Waals surface area contributed by atoms with E-state index in [1.807, 2.05) is 20.8 Å². The topological polar surface area (TPSA) is 49.4 Å². The zero-order valence-corrected chi connectivity index (χ0v) is 13.0. The highest BCUT2D eigenvalue weighted by atomic mass is 32.2. The Kier molecular flexibility index (Phi) is 5.62. The monoisotopic (exact) mass is 276 g/mol. The van der Waals surface area contributed by atoms with Crippen LogP contribution in [0.3, 0.4) is 0 Å². The van der Waals surface area contributed by atoms with Crippen molar-refractivity contribution < 1.29 is 8.42 Å². The average molecular weight is 276 g/mol. The molecule has 108 valence electrons. The Morgan fingerprint density at radius 2 is 1.78 bits per heavy atom. The number of rotatable bonds is 5. The number of piperidine rings is 1. The maximum absolute atomic E-state index is 12.2. The third-order valence-electron chi connectivity index (χ3n) is 3.27. The van der Waals surface area contributed by atoms with Crippen molar-refractivity contribution in [2.24, 2.45) is 11.3 Å². The van der Waals surface area contributed by atoms with Gasteiger partial charge in [-0.25, -0.2) is 12.7 Å². The van der Waals surface area contributed by atoms with Crippen LogP contribution in [-0.2, 0) is 10.0 Å². The van der Waals surface area contributed by atoms with E-state index in [9.17, 15) is 8.42 Å². The number of hydrogen-bond acceptors (Lipinski definition) is 3. The van der Waals surface area contributed by atoms with Crippen molar-refractivity contribution in [2.45, 2.75) is 40.5 Å². The van der Waals surface area contributed by atoms with E-state index >= 15 is 0 Å². The summed E-state index contributed by atoms with van der Waals surface area (Å²) < 4.78 is 26.1. The summed E-state index contributed by atoms with van der Waals surface area (Å²) in [5.41, 5.74) is -0.167. The quantitative estimate of drug-likeness (QED) is 0.831. The van der Waals surface area contributed by atoms with Gasteiger partial charge in [-0.2, -0.15) is 0 Å². The first kappa shape index (κ1) is 15.9. The third-order valence-corrected chi connectivity index (χ3v) is 5.65. The molecule has 0 aromatic carbocycles. The van der Waals surface area contributed by atoms with Crippen LogP contribution in [0.4, 0.5) is 0 Å². The summed E-state index contributed by atoms with van der Waals surface area (Å²) in [6.45, 7) is 11.4. The van der Waals surface area contributed by atoms with Crippen LogP contribution in [0.5, 0.6) is 0 Å². The van der Waals surface area contributed by atoms with E-state index in [0.717, 1.165) is 25.9 Å². The van der Waals surface area contributed by atoms with Gasteiger partial charge in [-0.15, -0.1) is 0 Å². The van der Waals surface area contributed by atoms with Crippen molar-refractivity contribution in [3.63, 3.8) is 0 Å². The molecule has 0 spiro atoms. The van der Waals surface area contributed by atoms with Crippen molar-refractivity contribution in [3.05, 3.63) is 0 Å². The van der Waals surface area contributed by atoms with E-state index in [4.69, 9.17) is 0 Å². The van der Waals surface area contributed by atoms with Crippen LogP contribution < -0.4 is 5.32 Å². The predicted molar refractivity (Wildman–Crippen MR) is 76.1 cm³/mol. The van der Waals surface area contributed by atoms with Crippen LogP contribution in [0.1, 0.15) is 40.5 Å². The molecular weight excluding hydrogens is 248 g/mol. The highest BCUT2D eigenvalue weighted by Crippen LogP contribution is 2.23. The van der Waals surface area contributed by atoms with Crippen LogP contribution in [0.15, 0.2) is 0 Å². The Labute approximate surface area is 112 Å². The van der Waals surface area contributed by atoms with Gasteiger partial charge in [0, 0.05) is 13.1 Å². The van der Waals surface area contributed by atoms with E-state index < -0.39 is 10.0 Å². The number of sulfonamides is 1. The van der Waals surface area contributed by atoms with Crippen LogP contribution in [0, 0.1) is 11.3 Å². The predicted octanol–water partition coefficient (Wildman–Crippen LogP) is 1.68. The number of hydrogen-bond donors (Lipinski definition) is 1. The molecule has 1 aliphatic rings. The van der Waals surface area contributed by atoms with Crippen LogP contribution >= 0.6 is 0 Å². The van der Waals surface area contributed by atoms with Gasteiger partial charge in [0.15, 0.2) is 0 Å². The van der Waals surface area contributed by atoms with Gasteiger partial charge in [0.05, 0.1) is 5.75 Å². The Hall–Kier alpha value is -0.130. The van der Waals surface area contributed by atoms with Crippen molar-refractivity contribution in [2.75, 3.05) is 31.9 Å². The summed E-state index contributed by atoms with van der Waals surface area (Å²) in [5.74, 6) is 0.878. The molecule has 1 aliphatic heterocycles. The second kappa shape index (κ2) is 6.35. The van der Waals surface area contributed by atoms with Gasteiger partial charge in [-0.05, 0) is 37.3 Å². The average Bonchev–Trinajstić information content (AvgIpc) is 2.23. The zero-order chi connectivity index (χ0) is 13.8. The summed E-state index contributed by atoms with van der Waals surface area (Å²) in [7, 11) is -3.07. The molecular formula is C13H28N2O2S. The van der Waals surface area contributed by atoms with E-state index in [0.29, 0.717) is 19.0 Å². The first-order chi connectivity index (χ1) is 8.24. The number of nitrogens with one attached hydrogen (secondary N) is 1. The summed E-state index contributed by atoms with van der Waals surface area (Å²) in [4.78, 5) is 0. The van der Waals surface area contributed by atoms with Crippen molar-refractivity contribution in [1.82, 2.24) is 9.62 Å². The van der Waals surface area contributed by atoms with Gasteiger partial charge in [0.2, 0.25) is 10.0 Å². The fraction of sp³-hybridized carbons (Fsp3) is 1.00. The van der Waals surface area contributed by atoms with Crippen molar-refractivity contribution in [1.29, 1.82) is 0 Å². The van der Waals surface area contributed by atoms with Gasteiger partial charge in [-0.3, -0.25) is 0 Å². The highest BCUT2D eigenvalue weighted by molar-refractivity contribution is 7.89. The van der Waals surface area contributed by atoms with Crippen LogP contribution in [-0.4, -0.2) is 44.7 Å². The van der Waals surface area contributed by atoms with Crippen molar-refractivity contribution >= 4 is 10.0 Å². The molecule has 0 unspecified atom stereocenters. The van der Waals surface area contributed by atoms with E-state index in [2.05, 4.69) is 12.2 Å². The lowest BCUT2D eigenvalue weighted by atomic mass is 9.98. The molecule has 0 saturated carbocycles. The molecule has 0 bridgehead atoms. The molecule has 1 rings (SSSR count). The summed E-state index contributed by atoms with van der Waals surface area (Å²) in [6.07, 6.45) is 1.97.